The predicted octanol–water partition coefficient (Wildman–Crippen LogP) is 10.0. The second kappa shape index (κ2) is 12.4. The maximum absolute atomic E-state index is 13.3. The van der Waals surface area contributed by atoms with Crippen LogP contribution in [0.2, 0.25) is 0 Å². The fourth-order valence-corrected chi connectivity index (χ4v) is 4.87. The zero-order valence-electron chi connectivity index (χ0n) is 26.5. The number of aromatic hydroxyl groups is 1. The standard InChI is InChI=1S/C40H38O5/c1-39(2,3)30-11-19-35(20-12-30)44-33-15-7-26(8-16-33)37(42)28-23-29(25-32(41)24-28)38(43)27-9-17-34(18-10-27)45-36-21-13-31(14-22-36)40(4,5)6/h7-25,41H,1-6H3. The molecular formula is C40H38O5. The summed E-state index contributed by atoms with van der Waals surface area (Å²) in [5.74, 6) is 1.79. The maximum Gasteiger partial charge on any atom is 0.193 e. The number of phenolic OH excluding ortho intramolecular Hbond substituents is 1. The number of hydrogen-bond donors (Lipinski definition) is 1. The summed E-state index contributed by atoms with van der Waals surface area (Å²) in [6, 6.07) is 33.7. The van der Waals surface area contributed by atoms with Crippen LogP contribution in [0.15, 0.2) is 115 Å². The second-order valence-electron chi connectivity index (χ2n) is 13.2. The van der Waals surface area contributed by atoms with E-state index in [1.807, 2.05) is 48.5 Å². The van der Waals surface area contributed by atoms with Crippen molar-refractivity contribution in [2.45, 2.75) is 52.4 Å². The zero-order valence-corrected chi connectivity index (χ0v) is 26.5. The number of hydrogen-bond acceptors (Lipinski definition) is 5. The molecule has 0 aliphatic carbocycles. The third-order valence-electron chi connectivity index (χ3n) is 7.59. The van der Waals surface area contributed by atoms with E-state index in [1.165, 1.54) is 29.3 Å². The van der Waals surface area contributed by atoms with E-state index in [0.29, 0.717) is 34.1 Å². The highest BCUT2D eigenvalue weighted by Crippen LogP contribution is 2.30. The minimum Gasteiger partial charge on any atom is -0.508 e. The van der Waals surface area contributed by atoms with Gasteiger partial charge in [-0.3, -0.25) is 9.59 Å². The topological polar surface area (TPSA) is 72.8 Å². The van der Waals surface area contributed by atoms with E-state index in [1.54, 1.807) is 48.5 Å². The molecule has 0 saturated heterocycles. The first kappa shape index (κ1) is 31.3. The van der Waals surface area contributed by atoms with Crippen LogP contribution in [0.1, 0.15) is 84.5 Å². The largest absolute Gasteiger partial charge is 0.508 e. The first-order chi connectivity index (χ1) is 21.3. The van der Waals surface area contributed by atoms with Gasteiger partial charge in [0.15, 0.2) is 11.6 Å². The highest BCUT2D eigenvalue weighted by molar-refractivity contribution is 6.13. The van der Waals surface area contributed by atoms with Gasteiger partial charge in [-0.05, 0) is 113 Å². The molecule has 0 aliphatic heterocycles. The Kier molecular flexibility index (Phi) is 8.65. The van der Waals surface area contributed by atoms with Crippen LogP contribution < -0.4 is 9.47 Å². The highest BCUT2D eigenvalue weighted by Gasteiger charge is 2.18. The van der Waals surface area contributed by atoms with Crippen molar-refractivity contribution in [3.63, 3.8) is 0 Å². The van der Waals surface area contributed by atoms with Crippen molar-refractivity contribution in [3.05, 3.63) is 149 Å². The van der Waals surface area contributed by atoms with Gasteiger partial charge in [-0.1, -0.05) is 65.8 Å². The second-order valence-corrected chi connectivity index (χ2v) is 13.2. The van der Waals surface area contributed by atoms with Gasteiger partial charge in [0.05, 0.1) is 0 Å². The first-order valence-corrected chi connectivity index (χ1v) is 15.0. The van der Waals surface area contributed by atoms with Gasteiger partial charge in [0.2, 0.25) is 0 Å². The molecule has 0 unspecified atom stereocenters. The van der Waals surface area contributed by atoms with Crippen LogP contribution >= 0.6 is 0 Å². The normalized spacial score (nSPS) is 11.6. The van der Waals surface area contributed by atoms with E-state index in [4.69, 9.17) is 9.47 Å². The highest BCUT2D eigenvalue weighted by atomic mass is 16.5. The zero-order chi connectivity index (χ0) is 32.4. The number of benzene rings is 5. The molecule has 5 heteroatoms. The molecule has 5 rings (SSSR count). The van der Waals surface area contributed by atoms with Gasteiger partial charge in [-0.25, -0.2) is 0 Å². The molecule has 0 radical (unpaired) electrons. The Hall–Kier alpha value is -5.16. The Labute approximate surface area is 265 Å². The summed E-state index contributed by atoms with van der Waals surface area (Å²) < 4.78 is 11.9. The minimum atomic E-state index is -0.317. The van der Waals surface area contributed by atoms with Gasteiger partial charge in [0.25, 0.3) is 0 Å². The number of phenols is 1. The van der Waals surface area contributed by atoms with Crippen LogP contribution in [-0.4, -0.2) is 16.7 Å². The third-order valence-corrected chi connectivity index (χ3v) is 7.59. The van der Waals surface area contributed by atoms with Gasteiger partial charge < -0.3 is 14.6 Å². The van der Waals surface area contributed by atoms with E-state index in [-0.39, 0.29) is 39.3 Å². The van der Waals surface area contributed by atoms with E-state index in [2.05, 4.69) is 41.5 Å². The lowest BCUT2D eigenvalue weighted by atomic mass is 9.87. The van der Waals surface area contributed by atoms with Crippen LogP contribution in [0.25, 0.3) is 0 Å². The Morgan fingerprint density at radius 3 is 1.02 bits per heavy atom. The van der Waals surface area contributed by atoms with E-state index in [9.17, 15) is 14.7 Å². The first-order valence-electron chi connectivity index (χ1n) is 15.0. The molecule has 0 atom stereocenters. The van der Waals surface area contributed by atoms with Crippen molar-refractivity contribution < 1.29 is 24.2 Å². The van der Waals surface area contributed by atoms with Crippen molar-refractivity contribution in [2.24, 2.45) is 0 Å². The molecule has 0 saturated carbocycles. The quantitative estimate of drug-likeness (QED) is 0.180. The Morgan fingerprint density at radius 2 is 0.733 bits per heavy atom. The number of carbonyl (C=O) groups excluding carboxylic acids is 2. The lowest BCUT2D eigenvalue weighted by molar-refractivity contribution is 0.103. The van der Waals surface area contributed by atoms with Crippen molar-refractivity contribution in [1.82, 2.24) is 0 Å². The maximum atomic E-state index is 13.3. The van der Waals surface area contributed by atoms with E-state index < -0.39 is 0 Å². The minimum absolute atomic E-state index is 0.0518. The molecule has 0 bridgehead atoms. The molecule has 0 aliphatic rings. The van der Waals surface area contributed by atoms with Crippen LogP contribution in [0.4, 0.5) is 0 Å². The molecule has 0 fully saturated rings. The fraction of sp³-hybridized carbons (Fsp3) is 0.200. The molecule has 0 heterocycles. The summed E-state index contributed by atoms with van der Waals surface area (Å²) in [5, 5.41) is 10.4. The fourth-order valence-electron chi connectivity index (χ4n) is 4.87. The average molecular weight is 599 g/mol. The third kappa shape index (κ3) is 7.68. The Morgan fingerprint density at radius 1 is 0.444 bits per heavy atom. The van der Waals surface area contributed by atoms with Gasteiger partial charge in [-0.15, -0.1) is 0 Å². The Balaban J connectivity index is 1.26. The summed E-state index contributed by atoms with van der Waals surface area (Å²) in [7, 11) is 0. The van der Waals surface area contributed by atoms with Crippen molar-refractivity contribution in [1.29, 1.82) is 0 Å². The predicted molar refractivity (Wildman–Crippen MR) is 178 cm³/mol. The molecule has 45 heavy (non-hydrogen) atoms. The van der Waals surface area contributed by atoms with E-state index >= 15 is 0 Å². The molecule has 5 aromatic rings. The van der Waals surface area contributed by atoms with Gasteiger partial charge >= 0.3 is 0 Å². The molecule has 5 nitrogen and oxygen atoms in total. The van der Waals surface area contributed by atoms with Crippen molar-refractivity contribution in [3.8, 4) is 28.7 Å². The van der Waals surface area contributed by atoms with Gasteiger partial charge in [-0.2, -0.15) is 0 Å². The van der Waals surface area contributed by atoms with Gasteiger partial charge in [0.1, 0.15) is 28.7 Å². The molecular weight excluding hydrogens is 560 g/mol. The molecule has 0 amide bonds. The van der Waals surface area contributed by atoms with Crippen LogP contribution in [-0.2, 0) is 10.8 Å². The molecule has 1 N–H and O–H groups in total. The van der Waals surface area contributed by atoms with Gasteiger partial charge in [0, 0.05) is 22.3 Å². The van der Waals surface area contributed by atoms with Crippen molar-refractivity contribution >= 4 is 11.6 Å². The molecule has 0 aromatic heterocycles. The average Bonchev–Trinajstić information content (AvgIpc) is 3.00. The monoisotopic (exact) mass is 598 g/mol. The number of rotatable bonds is 8. The molecule has 228 valence electrons. The smallest absolute Gasteiger partial charge is 0.193 e. The summed E-state index contributed by atoms with van der Waals surface area (Å²) >= 11 is 0. The van der Waals surface area contributed by atoms with Crippen LogP contribution in [0.5, 0.6) is 28.7 Å². The summed E-state index contributed by atoms with van der Waals surface area (Å²) in [6.45, 7) is 12.9. The van der Waals surface area contributed by atoms with E-state index in [0.717, 1.165) is 0 Å². The summed E-state index contributed by atoms with van der Waals surface area (Å²) in [6.07, 6.45) is 0. The summed E-state index contributed by atoms with van der Waals surface area (Å²) in [4.78, 5) is 26.7. The molecule has 5 aromatic carbocycles. The SMILES string of the molecule is CC(C)(C)c1ccc(Oc2ccc(C(=O)c3cc(O)cc(C(=O)c4ccc(Oc5ccc(C(C)(C)C)cc5)cc4)c3)cc2)cc1. The summed E-state index contributed by atoms with van der Waals surface area (Å²) in [5.41, 5.74) is 3.77. The molecule has 0 spiro atoms. The van der Waals surface area contributed by atoms with Crippen molar-refractivity contribution in [2.75, 3.05) is 0 Å². The van der Waals surface area contributed by atoms with Crippen LogP contribution in [0.3, 0.4) is 0 Å². The number of ether oxygens (including phenoxy) is 2. The lowest BCUT2D eigenvalue weighted by Crippen LogP contribution is -2.10. The number of carbonyl (C=O) groups is 2. The number of ketones is 2. The Bertz CT molecular complexity index is 1670. The van der Waals surface area contributed by atoms with Crippen LogP contribution in [0, 0.1) is 0 Å². The lowest BCUT2D eigenvalue weighted by Gasteiger charge is -2.19.